The van der Waals surface area contributed by atoms with Crippen LogP contribution in [0.25, 0.3) is 0 Å². The maximum Gasteiger partial charge on any atom is 0.226 e. The lowest BCUT2D eigenvalue weighted by molar-refractivity contribution is -0.134. The molecule has 1 N–H and O–H groups in total. The minimum absolute atomic E-state index is 0.00126. The zero-order chi connectivity index (χ0) is 13.4. The van der Waals surface area contributed by atoms with Crippen LogP contribution in [0.3, 0.4) is 0 Å². The van der Waals surface area contributed by atoms with Crippen molar-refractivity contribution in [1.29, 1.82) is 0 Å². The Morgan fingerprint density at radius 3 is 2.67 bits per heavy atom. The Kier molecular flexibility index (Phi) is 3.69. The van der Waals surface area contributed by atoms with Crippen LogP contribution in [0, 0.1) is 5.92 Å². The van der Waals surface area contributed by atoms with Crippen molar-refractivity contribution >= 4 is 15.7 Å². The van der Waals surface area contributed by atoms with Gasteiger partial charge in [-0.2, -0.15) is 0 Å². The molecule has 0 aliphatic carbocycles. The van der Waals surface area contributed by atoms with Gasteiger partial charge in [0.25, 0.3) is 0 Å². The maximum atomic E-state index is 12.2. The van der Waals surface area contributed by atoms with Gasteiger partial charge in [-0.15, -0.1) is 0 Å². The van der Waals surface area contributed by atoms with Crippen molar-refractivity contribution in [2.75, 3.05) is 24.6 Å². The Hall–Kier alpha value is -0.620. The number of hydrogen-bond acceptors (Lipinski definition) is 4. The zero-order valence-corrected chi connectivity index (χ0v) is 11.6. The fraction of sp³-hybridized carbons (Fsp3) is 0.917. The molecule has 104 valence electrons. The first kappa shape index (κ1) is 13.8. The third-order valence-electron chi connectivity index (χ3n) is 3.96. The van der Waals surface area contributed by atoms with Crippen LogP contribution in [0.15, 0.2) is 0 Å². The molecule has 0 bridgehead atoms. The average molecular weight is 275 g/mol. The topological polar surface area (TPSA) is 74.7 Å². The van der Waals surface area contributed by atoms with Crippen molar-refractivity contribution in [3.05, 3.63) is 0 Å². The van der Waals surface area contributed by atoms with Crippen molar-refractivity contribution in [3.8, 4) is 0 Å². The number of hydrogen-bond donors (Lipinski definition) is 1. The molecule has 2 atom stereocenters. The number of rotatable bonds is 1. The van der Waals surface area contributed by atoms with Crippen LogP contribution in [0.5, 0.6) is 0 Å². The second-order valence-corrected chi connectivity index (χ2v) is 8.00. The molecule has 0 aromatic heterocycles. The Bertz CT molecular complexity index is 429. The van der Waals surface area contributed by atoms with Crippen LogP contribution in [0.4, 0.5) is 0 Å². The van der Waals surface area contributed by atoms with E-state index in [0.717, 1.165) is 6.42 Å². The summed E-state index contributed by atoms with van der Waals surface area (Å²) in [5, 5.41) is 9.97. The second kappa shape index (κ2) is 4.81. The third kappa shape index (κ3) is 3.23. The monoisotopic (exact) mass is 275 g/mol. The molecule has 2 saturated heterocycles. The van der Waals surface area contributed by atoms with E-state index in [1.807, 2.05) is 0 Å². The number of carbonyl (C=O) groups excluding carboxylic acids is 1. The van der Waals surface area contributed by atoms with Crippen molar-refractivity contribution in [3.63, 3.8) is 0 Å². The van der Waals surface area contributed by atoms with Gasteiger partial charge in [-0.1, -0.05) is 0 Å². The Morgan fingerprint density at radius 1 is 1.33 bits per heavy atom. The summed E-state index contributed by atoms with van der Waals surface area (Å²) < 4.78 is 22.8. The van der Waals surface area contributed by atoms with E-state index in [4.69, 9.17) is 0 Å². The fourth-order valence-corrected chi connectivity index (χ4v) is 4.46. The van der Waals surface area contributed by atoms with Gasteiger partial charge in [-0.25, -0.2) is 8.42 Å². The predicted octanol–water partition coefficient (Wildman–Crippen LogP) is 0.185. The van der Waals surface area contributed by atoms with Crippen LogP contribution in [-0.2, 0) is 14.6 Å². The number of carbonyl (C=O) groups is 1. The predicted molar refractivity (Wildman–Crippen MR) is 67.8 cm³/mol. The normalized spacial score (nSPS) is 36.3. The van der Waals surface area contributed by atoms with Gasteiger partial charge in [0.1, 0.15) is 0 Å². The van der Waals surface area contributed by atoms with Gasteiger partial charge in [0.05, 0.1) is 23.0 Å². The van der Waals surface area contributed by atoms with E-state index in [1.54, 1.807) is 11.8 Å². The molecule has 6 heteroatoms. The molecule has 18 heavy (non-hydrogen) atoms. The first-order chi connectivity index (χ1) is 8.29. The molecule has 2 aliphatic rings. The van der Waals surface area contributed by atoms with Gasteiger partial charge >= 0.3 is 0 Å². The van der Waals surface area contributed by atoms with Gasteiger partial charge < -0.3 is 10.0 Å². The van der Waals surface area contributed by atoms with Gasteiger partial charge in [0.2, 0.25) is 5.91 Å². The number of aliphatic hydroxyl groups is 1. The second-order valence-electron chi connectivity index (χ2n) is 5.78. The molecule has 0 saturated carbocycles. The summed E-state index contributed by atoms with van der Waals surface area (Å²) in [6.07, 6.45) is 2.49. The molecule has 0 radical (unpaired) electrons. The summed E-state index contributed by atoms with van der Waals surface area (Å²) in [6, 6.07) is 0. The van der Waals surface area contributed by atoms with Crippen LogP contribution >= 0.6 is 0 Å². The maximum absolute atomic E-state index is 12.2. The smallest absolute Gasteiger partial charge is 0.226 e. The Labute approximate surface area is 108 Å². The highest BCUT2D eigenvalue weighted by atomic mass is 32.2. The minimum Gasteiger partial charge on any atom is -0.390 e. The van der Waals surface area contributed by atoms with Gasteiger partial charge in [0.15, 0.2) is 9.84 Å². The lowest BCUT2D eigenvalue weighted by Gasteiger charge is -2.24. The summed E-state index contributed by atoms with van der Waals surface area (Å²) in [5.41, 5.74) is -0.698. The molecule has 1 amide bonds. The quantitative estimate of drug-likeness (QED) is 0.741. The molecule has 0 aromatic carbocycles. The van der Waals surface area contributed by atoms with E-state index in [2.05, 4.69) is 0 Å². The lowest BCUT2D eigenvalue weighted by atomic mass is 9.98. The summed E-state index contributed by atoms with van der Waals surface area (Å²) in [5.74, 6) is -0.278. The van der Waals surface area contributed by atoms with Crippen molar-refractivity contribution < 1.29 is 18.3 Å². The molecule has 2 fully saturated rings. The van der Waals surface area contributed by atoms with Gasteiger partial charge in [-0.3, -0.25) is 4.79 Å². The van der Waals surface area contributed by atoms with Gasteiger partial charge in [0, 0.05) is 13.1 Å². The van der Waals surface area contributed by atoms with E-state index in [9.17, 15) is 18.3 Å². The average Bonchev–Trinajstić information content (AvgIpc) is 2.52. The molecule has 0 spiro atoms. The van der Waals surface area contributed by atoms with Crippen LogP contribution in [0.1, 0.15) is 32.6 Å². The number of amides is 1. The minimum atomic E-state index is -3.01. The molecule has 2 aliphatic heterocycles. The highest BCUT2D eigenvalue weighted by Gasteiger charge is 2.36. The molecule has 2 rings (SSSR count). The Balaban J connectivity index is 1.98. The van der Waals surface area contributed by atoms with Gasteiger partial charge in [-0.05, 0) is 32.6 Å². The van der Waals surface area contributed by atoms with E-state index >= 15 is 0 Å². The van der Waals surface area contributed by atoms with E-state index in [1.165, 1.54) is 0 Å². The van der Waals surface area contributed by atoms with Crippen LogP contribution in [0.2, 0.25) is 0 Å². The van der Waals surface area contributed by atoms with Crippen molar-refractivity contribution in [2.45, 2.75) is 38.2 Å². The summed E-state index contributed by atoms with van der Waals surface area (Å²) in [4.78, 5) is 14.0. The number of sulfone groups is 1. The lowest BCUT2D eigenvalue weighted by Crippen LogP contribution is -2.38. The Morgan fingerprint density at radius 2 is 2.06 bits per heavy atom. The summed E-state index contributed by atoms with van der Waals surface area (Å²) >= 11 is 0. The highest BCUT2D eigenvalue weighted by Crippen LogP contribution is 2.25. The van der Waals surface area contributed by atoms with Crippen molar-refractivity contribution in [2.24, 2.45) is 5.92 Å². The van der Waals surface area contributed by atoms with E-state index in [0.29, 0.717) is 32.4 Å². The summed E-state index contributed by atoms with van der Waals surface area (Å²) in [7, 11) is -3.01. The molecule has 2 unspecified atom stereocenters. The molecule has 2 heterocycles. The molecule has 5 nitrogen and oxygen atoms in total. The molecular weight excluding hydrogens is 254 g/mol. The first-order valence-electron chi connectivity index (χ1n) is 6.51. The highest BCUT2D eigenvalue weighted by molar-refractivity contribution is 7.91. The number of nitrogens with zero attached hydrogens (tertiary/aromatic N) is 1. The fourth-order valence-electron chi connectivity index (χ4n) is 2.73. The van der Waals surface area contributed by atoms with E-state index in [-0.39, 0.29) is 23.3 Å². The first-order valence-corrected chi connectivity index (χ1v) is 8.33. The zero-order valence-electron chi connectivity index (χ0n) is 10.8. The molecule has 0 aromatic rings. The van der Waals surface area contributed by atoms with E-state index < -0.39 is 15.4 Å². The number of likely N-dealkylation sites (tertiary alicyclic amines) is 1. The standard InChI is InChI=1S/C12H21NO4S/c1-12(15)4-2-6-13(7-5-12)11(14)10-3-8-18(16,17)9-10/h10,15H,2-9H2,1H3. The SMILES string of the molecule is CC1(O)CCCN(C(=O)C2CCS(=O)(=O)C2)CC1. The van der Waals surface area contributed by atoms with Crippen LogP contribution < -0.4 is 0 Å². The van der Waals surface area contributed by atoms with Crippen molar-refractivity contribution in [1.82, 2.24) is 4.90 Å². The molecular formula is C12H21NO4S. The summed E-state index contributed by atoms with van der Waals surface area (Å²) in [6.45, 7) is 2.95. The largest absolute Gasteiger partial charge is 0.390 e. The van der Waals surface area contributed by atoms with Crippen LogP contribution in [-0.4, -0.2) is 54.5 Å². The third-order valence-corrected chi connectivity index (χ3v) is 5.72.